The van der Waals surface area contributed by atoms with E-state index in [2.05, 4.69) is 0 Å². The number of para-hydroxylation sites is 1. The largest absolute Gasteiger partial charge is 0.504 e. The normalized spacial score (nSPS) is 11.8. The van der Waals surface area contributed by atoms with Gasteiger partial charge in [0, 0.05) is 0 Å². The Hall–Kier alpha value is -2.73. The first-order valence-electron chi connectivity index (χ1n) is 6.91. The molecular weight excluding hydrogens is 300 g/mol. The van der Waals surface area contributed by atoms with Crippen molar-refractivity contribution >= 4 is 5.78 Å². The van der Waals surface area contributed by atoms with Gasteiger partial charge in [0.1, 0.15) is 0 Å². The number of aromatic hydroxyl groups is 2. The van der Waals surface area contributed by atoms with E-state index >= 15 is 0 Å². The lowest BCUT2D eigenvalue weighted by atomic mass is 9.90. The molecule has 0 aromatic heterocycles. The number of hydrogen-bond donors (Lipinski definition) is 3. The average Bonchev–Trinajstić information content (AvgIpc) is 2.56. The van der Waals surface area contributed by atoms with Gasteiger partial charge in [0.05, 0.1) is 32.3 Å². The van der Waals surface area contributed by atoms with Gasteiger partial charge in [-0.05, 0) is 29.8 Å². The molecule has 2 rings (SSSR count). The minimum Gasteiger partial charge on any atom is -0.504 e. The third-order valence-corrected chi connectivity index (χ3v) is 3.57. The van der Waals surface area contributed by atoms with Crippen LogP contribution in [0.2, 0.25) is 0 Å². The Morgan fingerprint density at radius 2 is 1.83 bits per heavy atom. The highest BCUT2D eigenvalue weighted by Crippen LogP contribution is 2.35. The van der Waals surface area contributed by atoms with Crippen LogP contribution in [0.1, 0.15) is 21.8 Å². The predicted octanol–water partition coefficient (Wildman–Crippen LogP) is 2.07. The molecule has 0 radical (unpaired) electrons. The van der Waals surface area contributed by atoms with Gasteiger partial charge in [0.2, 0.25) is 0 Å². The molecule has 0 aliphatic heterocycles. The zero-order chi connectivity index (χ0) is 17.0. The first-order chi connectivity index (χ1) is 11.0. The second kappa shape index (κ2) is 7.02. The van der Waals surface area contributed by atoms with Crippen LogP contribution in [-0.2, 0) is 0 Å². The Labute approximate surface area is 133 Å². The molecule has 0 amide bonds. The van der Waals surface area contributed by atoms with Gasteiger partial charge in [-0.15, -0.1) is 0 Å². The number of aliphatic hydroxyl groups excluding tert-OH is 1. The Bertz CT molecular complexity index is 710. The van der Waals surface area contributed by atoms with E-state index in [0.29, 0.717) is 5.56 Å². The molecule has 0 heterocycles. The molecule has 6 heteroatoms. The van der Waals surface area contributed by atoms with Crippen LogP contribution in [-0.4, -0.2) is 41.9 Å². The van der Waals surface area contributed by atoms with Gasteiger partial charge in [0.25, 0.3) is 0 Å². The third kappa shape index (κ3) is 3.22. The molecule has 0 unspecified atom stereocenters. The highest BCUT2D eigenvalue weighted by atomic mass is 16.5. The number of rotatable bonds is 6. The number of phenolic OH excluding ortho intramolecular Hbond substituents is 2. The first-order valence-corrected chi connectivity index (χ1v) is 6.91. The van der Waals surface area contributed by atoms with Crippen LogP contribution in [0.25, 0.3) is 0 Å². The smallest absolute Gasteiger partial charge is 0.176 e. The summed E-state index contributed by atoms with van der Waals surface area (Å²) in [5, 5.41) is 29.1. The maximum absolute atomic E-state index is 12.7. The Balaban J connectivity index is 2.46. The van der Waals surface area contributed by atoms with Gasteiger partial charge in [-0.1, -0.05) is 12.1 Å². The average molecular weight is 318 g/mol. The fourth-order valence-corrected chi connectivity index (χ4v) is 2.37. The van der Waals surface area contributed by atoms with Crippen LogP contribution in [0.4, 0.5) is 0 Å². The Morgan fingerprint density at radius 3 is 2.43 bits per heavy atom. The van der Waals surface area contributed by atoms with Crippen molar-refractivity contribution in [2.45, 2.75) is 5.92 Å². The molecule has 23 heavy (non-hydrogen) atoms. The number of benzene rings is 2. The molecule has 0 spiro atoms. The van der Waals surface area contributed by atoms with Crippen LogP contribution in [0, 0.1) is 0 Å². The summed E-state index contributed by atoms with van der Waals surface area (Å²) in [5.41, 5.74) is 0.649. The van der Waals surface area contributed by atoms with E-state index in [0.717, 1.165) is 0 Å². The molecule has 2 aromatic rings. The van der Waals surface area contributed by atoms with Crippen molar-refractivity contribution in [3.05, 3.63) is 47.5 Å². The van der Waals surface area contributed by atoms with Crippen LogP contribution < -0.4 is 9.47 Å². The van der Waals surface area contributed by atoms with E-state index in [9.17, 15) is 20.1 Å². The van der Waals surface area contributed by atoms with Crippen LogP contribution >= 0.6 is 0 Å². The second-order valence-electron chi connectivity index (χ2n) is 4.89. The minimum absolute atomic E-state index is 0.0571. The summed E-state index contributed by atoms with van der Waals surface area (Å²) < 4.78 is 10.1. The molecule has 2 aromatic carbocycles. The topological polar surface area (TPSA) is 96.2 Å². The van der Waals surface area contributed by atoms with Crippen molar-refractivity contribution in [2.24, 2.45) is 0 Å². The molecular formula is C17H18O6. The van der Waals surface area contributed by atoms with Gasteiger partial charge in [-0.3, -0.25) is 4.79 Å². The highest BCUT2D eigenvalue weighted by Gasteiger charge is 2.26. The molecule has 0 bridgehead atoms. The van der Waals surface area contributed by atoms with Gasteiger partial charge >= 0.3 is 0 Å². The van der Waals surface area contributed by atoms with Crippen molar-refractivity contribution in [2.75, 3.05) is 20.8 Å². The highest BCUT2D eigenvalue weighted by molar-refractivity contribution is 6.04. The number of ketones is 1. The van der Waals surface area contributed by atoms with Crippen molar-refractivity contribution in [1.29, 1.82) is 0 Å². The summed E-state index contributed by atoms with van der Waals surface area (Å²) >= 11 is 0. The van der Waals surface area contributed by atoms with E-state index in [1.165, 1.54) is 50.6 Å². The fraction of sp³-hybridized carbons (Fsp3) is 0.235. The van der Waals surface area contributed by atoms with Crippen molar-refractivity contribution in [3.63, 3.8) is 0 Å². The van der Waals surface area contributed by atoms with Crippen LogP contribution in [0.5, 0.6) is 23.0 Å². The molecule has 0 fully saturated rings. The van der Waals surface area contributed by atoms with Gasteiger partial charge < -0.3 is 24.8 Å². The van der Waals surface area contributed by atoms with E-state index in [1.54, 1.807) is 0 Å². The standard InChI is InChI=1S/C17H18O6/c1-22-15-8-10(6-7-13(15)19)12(9-18)16(21)11-4-3-5-14(20)17(11)23-2/h3-8,12,18-20H,9H2,1-2H3/t12-/m1/s1. The van der Waals surface area contributed by atoms with E-state index in [1.807, 2.05) is 0 Å². The number of carbonyl (C=O) groups excluding carboxylic acids is 1. The maximum atomic E-state index is 12.7. The SMILES string of the molecule is COc1cc([C@@H](CO)C(=O)c2cccc(O)c2OC)ccc1O. The lowest BCUT2D eigenvalue weighted by molar-refractivity contribution is 0.0918. The molecule has 0 aliphatic rings. The molecule has 3 N–H and O–H groups in total. The lowest BCUT2D eigenvalue weighted by Gasteiger charge is -2.17. The van der Waals surface area contributed by atoms with E-state index in [4.69, 9.17) is 9.47 Å². The number of carbonyl (C=O) groups is 1. The van der Waals surface area contributed by atoms with Crippen LogP contribution in [0.3, 0.4) is 0 Å². The van der Waals surface area contributed by atoms with Crippen molar-refractivity contribution < 1.29 is 29.6 Å². The number of hydrogen-bond acceptors (Lipinski definition) is 6. The summed E-state index contributed by atoms with van der Waals surface area (Å²) in [4.78, 5) is 12.7. The second-order valence-corrected chi connectivity index (χ2v) is 4.89. The Kier molecular flexibility index (Phi) is 5.08. The van der Waals surface area contributed by atoms with E-state index < -0.39 is 18.3 Å². The summed E-state index contributed by atoms with van der Waals surface area (Å²) in [6.45, 7) is -0.439. The molecule has 1 atom stereocenters. The predicted molar refractivity (Wildman–Crippen MR) is 83.5 cm³/mol. The number of methoxy groups -OCH3 is 2. The molecule has 122 valence electrons. The zero-order valence-electron chi connectivity index (χ0n) is 12.8. The minimum atomic E-state index is -0.875. The molecule has 0 saturated carbocycles. The number of phenols is 2. The number of aliphatic hydroxyl groups is 1. The van der Waals surface area contributed by atoms with E-state index in [-0.39, 0.29) is 28.6 Å². The monoisotopic (exact) mass is 318 g/mol. The number of ether oxygens (including phenoxy) is 2. The van der Waals surface area contributed by atoms with Gasteiger partial charge in [-0.2, -0.15) is 0 Å². The first kappa shape index (κ1) is 16.6. The van der Waals surface area contributed by atoms with Gasteiger partial charge in [-0.25, -0.2) is 0 Å². The molecule has 0 saturated heterocycles. The van der Waals surface area contributed by atoms with Crippen LogP contribution in [0.15, 0.2) is 36.4 Å². The third-order valence-electron chi connectivity index (χ3n) is 3.57. The fourth-order valence-electron chi connectivity index (χ4n) is 2.37. The molecule has 6 nitrogen and oxygen atoms in total. The Morgan fingerprint density at radius 1 is 1.09 bits per heavy atom. The van der Waals surface area contributed by atoms with Crippen molar-refractivity contribution in [3.8, 4) is 23.0 Å². The summed E-state index contributed by atoms with van der Waals surface area (Å²) in [6, 6.07) is 8.87. The quantitative estimate of drug-likeness (QED) is 0.706. The molecule has 0 aliphatic carbocycles. The summed E-state index contributed by atoms with van der Waals surface area (Å²) in [7, 11) is 2.75. The zero-order valence-corrected chi connectivity index (χ0v) is 12.8. The van der Waals surface area contributed by atoms with Gasteiger partial charge in [0.15, 0.2) is 28.8 Å². The number of Topliss-reactive ketones (excluding diaryl/α,β-unsaturated/α-hetero) is 1. The summed E-state index contributed by atoms with van der Waals surface area (Å²) in [6.07, 6.45) is 0. The van der Waals surface area contributed by atoms with Crippen molar-refractivity contribution in [1.82, 2.24) is 0 Å². The lowest BCUT2D eigenvalue weighted by Crippen LogP contribution is -2.17. The maximum Gasteiger partial charge on any atom is 0.176 e. The summed E-state index contributed by atoms with van der Waals surface area (Å²) in [5.74, 6) is -1.24.